The van der Waals surface area contributed by atoms with E-state index in [0.29, 0.717) is 6.54 Å². The first-order chi connectivity index (χ1) is 3.77. The van der Waals surface area contributed by atoms with Crippen molar-refractivity contribution < 1.29 is 9.90 Å². The Morgan fingerprint density at radius 1 is 1.78 bits per heavy atom. The van der Waals surface area contributed by atoms with Crippen LogP contribution in [0.4, 0.5) is 0 Å². The topological polar surface area (TPSA) is 49.3 Å². The zero-order chi connectivity index (χ0) is 6.41. The molecule has 0 aliphatic rings. The number of halogens is 1. The first-order valence-electron chi connectivity index (χ1n) is 2.17. The standard InChI is InChI=1S/C5H7NO2.ClH/c1-2-6-4-3-5(7)8;/h1,6H,3-4H2,(H,7,8);1H. The Bertz CT molecular complexity index is 119. The van der Waals surface area contributed by atoms with Crippen LogP contribution in [-0.4, -0.2) is 17.6 Å². The monoisotopic (exact) mass is 149 g/mol. The SMILES string of the molecule is C#CNCCC(=O)O.Cl. The van der Waals surface area contributed by atoms with Gasteiger partial charge in [-0.15, -0.1) is 12.4 Å². The fourth-order valence-corrected chi connectivity index (χ4v) is 0.242. The number of carboxylic acids is 1. The lowest BCUT2D eigenvalue weighted by Gasteiger charge is -1.89. The molecule has 0 aliphatic carbocycles. The van der Waals surface area contributed by atoms with Crippen LogP contribution in [0, 0.1) is 12.5 Å². The van der Waals surface area contributed by atoms with E-state index in [0.717, 1.165) is 0 Å². The highest BCUT2D eigenvalue weighted by atomic mass is 35.5. The van der Waals surface area contributed by atoms with Gasteiger partial charge < -0.3 is 10.4 Å². The van der Waals surface area contributed by atoms with E-state index < -0.39 is 5.97 Å². The molecule has 0 aliphatic heterocycles. The zero-order valence-electron chi connectivity index (χ0n) is 4.76. The fourth-order valence-electron chi connectivity index (χ4n) is 0.242. The molecule has 0 atom stereocenters. The lowest BCUT2D eigenvalue weighted by atomic mass is 10.4. The molecule has 0 aromatic carbocycles. The smallest absolute Gasteiger partial charge is 0.305 e. The molecule has 0 heterocycles. The summed E-state index contributed by atoms with van der Waals surface area (Å²) in [7, 11) is 0. The Morgan fingerprint density at radius 3 is 2.67 bits per heavy atom. The Kier molecular flexibility index (Phi) is 8.69. The molecule has 0 spiro atoms. The maximum absolute atomic E-state index is 9.77. The summed E-state index contributed by atoms with van der Waals surface area (Å²) < 4.78 is 0. The van der Waals surface area contributed by atoms with Gasteiger partial charge in [0.15, 0.2) is 0 Å². The van der Waals surface area contributed by atoms with E-state index in [1.165, 1.54) is 0 Å². The van der Waals surface area contributed by atoms with E-state index in [1.54, 1.807) is 0 Å². The molecule has 52 valence electrons. The number of hydrogen-bond donors (Lipinski definition) is 2. The van der Waals surface area contributed by atoms with Crippen molar-refractivity contribution in [2.45, 2.75) is 6.42 Å². The van der Waals surface area contributed by atoms with Crippen molar-refractivity contribution in [1.29, 1.82) is 0 Å². The van der Waals surface area contributed by atoms with E-state index in [4.69, 9.17) is 11.5 Å². The summed E-state index contributed by atoms with van der Waals surface area (Å²) in [5.41, 5.74) is 0. The molecule has 0 fully saturated rings. The Morgan fingerprint density at radius 2 is 2.33 bits per heavy atom. The van der Waals surface area contributed by atoms with E-state index in [9.17, 15) is 4.79 Å². The third-order valence-corrected chi connectivity index (χ3v) is 0.566. The van der Waals surface area contributed by atoms with Gasteiger partial charge in [0.25, 0.3) is 0 Å². The van der Waals surface area contributed by atoms with Crippen LogP contribution in [0.2, 0.25) is 0 Å². The quantitative estimate of drug-likeness (QED) is 0.339. The minimum Gasteiger partial charge on any atom is -0.481 e. The summed E-state index contributed by atoms with van der Waals surface area (Å²) in [5.74, 6) is -0.840. The summed E-state index contributed by atoms with van der Waals surface area (Å²) in [5, 5.41) is 10.5. The van der Waals surface area contributed by atoms with Crippen LogP contribution in [0.3, 0.4) is 0 Å². The minimum atomic E-state index is -0.840. The normalized spacial score (nSPS) is 6.56. The number of rotatable bonds is 3. The molecule has 0 radical (unpaired) electrons. The van der Waals surface area contributed by atoms with Crippen LogP contribution in [-0.2, 0) is 4.79 Å². The molecule has 0 rings (SSSR count). The molecule has 0 amide bonds. The summed E-state index contributed by atoms with van der Waals surface area (Å²) in [6.07, 6.45) is 4.83. The Balaban J connectivity index is 0. The molecule has 0 aromatic heterocycles. The van der Waals surface area contributed by atoms with Gasteiger partial charge in [-0.3, -0.25) is 4.79 Å². The summed E-state index contributed by atoms with van der Waals surface area (Å²) >= 11 is 0. The zero-order valence-corrected chi connectivity index (χ0v) is 5.57. The second-order valence-corrected chi connectivity index (χ2v) is 1.21. The molecule has 0 saturated heterocycles. The van der Waals surface area contributed by atoms with Gasteiger partial charge in [0.1, 0.15) is 0 Å². The highest BCUT2D eigenvalue weighted by molar-refractivity contribution is 5.85. The second-order valence-electron chi connectivity index (χ2n) is 1.21. The van der Waals surface area contributed by atoms with E-state index in [1.807, 2.05) is 0 Å². The van der Waals surface area contributed by atoms with Gasteiger partial charge in [0, 0.05) is 12.6 Å². The molecule has 0 bridgehead atoms. The summed E-state index contributed by atoms with van der Waals surface area (Å²) in [4.78, 5) is 9.77. The molecule has 4 heteroatoms. The summed E-state index contributed by atoms with van der Waals surface area (Å²) in [6.45, 7) is 0.339. The molecular weight excluding hydrogens is 142 g/mol. The Hall–Kier alpha value is -0.880. The van der Waals surface area contributed by atoms with Crippen LogP contribution in [0.25, 0.3) is 0 Å². The molecule has 9 heavy (non-hydrogen) atoms. The maximum Gasteiger partial charge on any atom is 0.305 e. The number of hydrogen-bond acceptors (Lipinski definition) is 2. The van der Waals surface area contributed by atoms with Gasteiger partial charge >= 0.3 is 5.97 Å². The Labute approximate surface area is 59.9 Å². The number of aliphatic carboxylic acids is 1. The molecular formula is C5H8ClNO2. The van der Waals surface area contributed by atoms with Crippen molar-refractivity contribution in [1.82, 2.24) is 5.32 Å². The van der Waals surface area contributed by atoms with E-state index >= 15 is 0 Å². The molecule has 2 N–H and O–H groups in total. The van der Waals surface area contributed by atoms with Crippen LogP contribution < -0.4 is 5.32 Å². The van der Waals surface area contributed by atoms with Crippen molar-refractivity contribution in [3.63, 3.8) is 0 Å². The van der Waals surface area contributed by atoms with Gasteiger partial charge in [-0.2, -0.15) is 0 Å². The number of terminal acetylenes is 1. The van der Waals surface area contributed by atoms with Crippen LogP contribution in [0.1, 0.15) is 6.42 Å². The van der Waals surface area contributed by atoms with Gasteiger partial charge in [0.2, 0.25) is 0 Å². The minimum absolute atomic E-state index is 0. The predicted molar refractivity (Wildman–Crippen MR) is 36.3 cm³/mol. The molecule has 3 nitrogen and oxygen atoms in total. The first kappa shape index (κ1) is 11.0. The van der Waals surface area contributed by atoms with Crippen molar-refractivity contribution in [2.75, 3.05) is 6.54 Å². The highest BCUT2D eigenvalue weighted by Gasteiger charge is 1.91. The second kappa shape index (κ2) is 7.12. The molecule has 0 unspecified atom stereocenters. The largest absolute Gasteiger partial charge is 0.481 e. The van der Waals surface area contributed by atoms with Gasteiger partial charge in [-0.1, -0.05) is 6.42 Å². The van der Waals surface area contributed by atoms with Crippen molar-refractivity contribution in [3.8, 4) is 12.5 Å². The molecule has 0 saturated carbocycles. The van der Waals surface area contributed by atoms with Crippen LogP contribution >= 0.6 is 12.4 Å². The average molecular weight is 150 g/mol. The van der Waals surface area contributed by atoms with Crippen molar-refractivity contribution in [3.05, 3.63) is 0 Å². The average Bonchev–Trinajstić information content (AvgIpc) is 1.66. The first-order valence-corrected chi connectivity index (χ1v) is 2.17. The lowest BCUT2D eigenvalue weighted by molar-refractivity contribution is -0.136. The van der Waals surface area contributed by atoms with Crippen LogP contribution in [0.5, 0.6) is 0 Å². The highest BCUT2D eigenvalue weighted by Crippen LogP contribution is 1.71. The maximum atomic E-state index is 9.77. The number of carbonyl (C=O) groups is 1. The number of nitrogens with one attached hydrogen (secondary N) is 1. The van der Waals surface area contributed by atoms with Gasteiger partial charge in [-0.05, 0) is 0 Å². The predicted octanol–water partition coefficient (Wildman–Crippen LogP) is 0.0632. The van der Waals surface area contributed by atoms with Crippen molar-refractivity contribution >= 4 is 18.4 Å². The van der Waals surface area contributed by atoms with E-state index in [-0.39, 0.29) is 18.8 Å². The van der Waals surface area contributed by atoms with E-state index in [2.05, 4.69) is 11.4 Å². The third kappa shape index (κ3) is 11.0. The van der Waals surface area contributed by atoms with Gasteiger partial charge in [0.05, 0.1) is 6.42 Å². The number of carboxylic acid groups (broad SMARTS) is 1. The fraction of sp³-hybridized carbons (Fsp3) is 0.400. The van der Waals surface area contributed by atoms with Gasteiger partial charge in [-0.25, -0.2) is 0 Å². The van der Waals surface area contributed by atoms with Crippen LogP contribution in [0.15, 0.2) is 0 Å². The van der Waals surface area contributed by atoms with Crippen molar-refractivity contribution in [2.24, 2.45) is 0 Å². The lowest BCUT2D eigenvalue weighted by Crippen LogP contribution is -2.11. The molecule has 0 aromatic rings. The summed E-state index contributed by atoms with van der Waals surface area (Å²) in [6, 6.07) is 2.11. The third-order valence-electron chi connectivity index (χ3n) is 0.566.